The number of phenolic OH excluding ortho intramolecular Hbond substituents is 1. The van der Waals surface area contributed by atoms with Crippen molar-refractivity contribution >= 4 is 57.2 Å². The van der Waals surface area contributed by atoms with Gasteiger partial charge in [0.05, 0.1) is 12.5 Å². The minimum Gasteiger partial charge on any atom is -0.507 e. The maximum absolute atomic E-state index is 14.9. The Labute approximate surface area is 474 Å². The fourth-order valence-corrected chi connectivity index (χ4v) is 9.46. The second-order valence-electron chi connectivity index (χ2n) is 20.8. The summed E-state index contributed by atoms with van der Waals surface area (Å²) in [7, 11) is 1.43. The molecule has 0 saturated heterocycles. The Balaban J connectivity index is 1.99. The van der Waals surface area contributed by atoms with Crippen molar-refractivity contribution in [1.29, 1.82) is 0 Å². The van der Waals surface area contributed by atoms with Gasteiger partial charge in [-0.15, -0.1) is 0 Å². The van der Waals surface area contributed by atoms with Crippen molar-refractivity contribution in [2.75, 3.05) is 85.8 Å². The number of rotatable bonds is 41. The Kier molecular flexibility index (Phi) is 30.9. The van der Waals surface area contributed by atoms with E-state index in [9.17, 15) is 29.1 Å². The number of carbonyl (C=O) groups excluding carboxylic acids is 4. The summed E-state index contributed by atoms with van der Waals surface area (Å²) in [6, 6.07) is 2.95. The summed E-state index contributed by atoms with van der Waals surface area (Å²) in [5, 5.41) is 18.1. The van der Waals surface area contributed by atoms with E-state index < -0.39 is 30.5 Å². The van der Waals surface area contributed by atoms with Crippen molar-refractivity contribution in [3.63, 3.8) is 0 Å². The zero-order valence-electron chi connectivity index (χ0n) is 49.6. The van der Waals surface area contributed by atoms with Crippen LogP contribution in [-0.4, -0.2) is 136 Å². The Hall–Kier alpha value is -6.67. The number of carbonyl (C=O) groups is 4. The van der Waals surface area contributed by atoms with Crippen molar-refractivity contribution in [2.24, 2.45) is 44.8 Å². The number of guanidine groups is 2. The lowest BCUT2D eigenvalue weighted by Gasteiger charge is -2.19. The molecule has 0 aliphatic heterocycles. The van der Waals surface area contributed by atoms with Gasteiger partial charge >= 0.3 is 0 Å². The first-order valence-electron chi connectivity index (χ1n) is 28.8. The third-order valence-electron chi connectivity index (χ3n) is 14.1. The zero-order chi connectivity index (χ0) is 59.1. The third kappa shape index (κ3) is 23.2. The molecule has 20 heteroatoms. The summed E-state index contributed by atoms with van der Waals surface area (Å²) < 4.78 is 24.8. The summed E-state index contributed by atoms with van der Waals surface area (Å²) in [6.45, 7) is 22.8. The number of ether oxygens (including phenoxy) is 3. The smallest absolute Gasteiger partial charge is 0.223 e. The average molecular weight is 1120 g/mol. The van der Waals surface area contributed by atoms with Gasteiger partial charge in [0.25, 0.3) is 0 Å². The number of phenols is 1. The first kappa shape index (κ1) is 67.6. The molecule has 1 heterocycles. The number of hydrogen-bond donors (Lipinski definition) is 7. The molecule has 3 aromatic rings. The van der Waals surface area contributed by atoms with Crippen LogP contribution in [0.1, 0.15) is 144 Å². The predicted molar refractivity (Wildman–Crippen MR) is 321 cm³/mol. The van der Waals surface area contributed by atoms with Crippen LogP contribution < -0.4 is 53.2 Å². The molecule has 80 heavy (non-hydrogen) atoms. The molecule has 11 N–H and O–H groups in total. The second kappa shape index (κ2) is 36.6. The van der Waals surface area contributed by atoms with E-state index in [2.05, 4.69) is 58.1 Å². The van der Waals surface area contributed by atoms with Gasteiger partial charge < -0.3 is 67.1 Å². The lowest BCUT2D eigenvalue weighted by atomic mass is 9.96. The van der Waals surface area contributed by atoms with Crippen LogP contribution in [0.5, 0.6) is 23.0 Å². The summed E-state index contributed by atoms with van der Waals surface area (Å²) >= 11 is 0. The van der Waals surface area contributed by atoms with Gasteiger partial charge in [0, 0.05) is 74.1 Å². The number of amides is 2. The number of fused-ring (bicyclic) bond motifs is 2. The molecule has 2 unspecified atom stereocenters. The van der Waals surface area contributed by atoms with Crippen LogP contribution in [0.25, 0.3) is 21.9 Å². The van der Waals surface area contributed by atoms with E-state index in [0.717, 1.165) is 88.9 Å². The Morgan fingerprint density at radius 2 is 1.07 bits per heavy atom. The van der Waals surface area contributed by atoms with Crippen molar-refractivity contribution < 1.29 is 42.9 Å². The number of unbranched alkanes of at least 4 members (excludes halogenated alkanes) is 4. The van der Waals surface area contributed by atoms with Gasteiger partial charge in [0.15, 0.2) is 35.0 Å². The Morgan fingerprint density at radius 3 is 1.51 bits per heavy atom. The standard InChI is InChI=1S/C60H96N10O10/c1-10-69(11-2)32-18-14-16-28-65-57(75)42(22-20-30-67-59(61)62)34-44(71)38-78-48-36-50-53(54(73)46(48)26-24-40(5)6)55(74)52-47(27-25-41(7)8)56(77-9)51(37-49(52)80-50)79-39-45(72)35-43(23-21-31-68-60(63)64)58(76)66-29-17-15-19-33-70(12-3)13-4/h24-25,36-37,42-43,73H,10-23,26-35,38-39H2,1-9H3,(H,65,75)(H,66,76)(H4,61,62,67)(H4,63,64,68). The van der Waals surface area contributed by atoms with E-state index in [4.69, 9.17) is 41.6 Å². The molecular formula is C60H96N10O10. The maximum atomic E-state index is 14.9. The van der Waals surface area contributed by atoms with Crippen LogP contribution in [0.4, 0.5) is 0 Å². The monoisotopic (exact) mass is 1120 g/mol. The predicted octanol–water partition coefficient (Wildman–Crippen LogP) is 6.95. The van der Waals surface area contributed by atoms with Gasteiger partial charge in [-0.25, -0.2) is 0 Å². The molecule has 0 radical (unpaired) electrons. The number of nitrogens with two attached hydrogens (primary N) is 4. The highest BCUT2D eigenvalue weighted by Gasteiger charge is 2.28. The zero-order valence-corrected chi connectivity index (χ0v) is 49.6. The highest BCUT2D eigenvalue weighted by Crippen LogP contribution is 2.42. The number of hydrogen-bond acceptors (Lipinski definition) is 14. The van der Waals surface area contributed by atoms with Crippen LogP contribution in [0.2, 0.25) is 0 Å². The molecule has 2 aromatic carbocycles. The van der Waals surface area contributed by atoms with Gasteiger partial charge in [-0.1, -0.05) is 63.8 Å². The van der Waals surface area contributed by atoms with E-state index in [1.165, 1.54) is 19.2 Å². The van der Waals surface area contributed by atoms with Crippen molar-refractivity contribution in [3.8, 4) is 23.0 Å². The highest BCUT2D eigenvalue weighted by atomic mass is 16.5. The van der Waals surface area contributed by atoms with E-state index in [1.54, 1.807) is 0 Å². The Morgan fingerprint density at radius 1 is 0.637 bits per heavy atom. The number of Topliss-reactive ketones (excluding diaryl/α,β-unsaturated/α-hetero) is 2. The summed E-state index contributed by atoms with van der Waals surface area (Å²) in [5.74, 6) is -2.60. The number of benzene rings is 2. The average Bonchev–Trinajstić information content (AvgIpc) is 3.48. The lowest BCUT2D eigenvalue weighted by molar-refractivity contribution is -0.130. The quantitative estimate of drug-likeness (QED) is 0.00994. The van der Waals surface area contributed by atoms with E-state index in [1.807, 2.05) is 39.8 Å². The third-order valence-corrected chi connectivity index (χ3v) is 14.1. The van der Waals surface area contributed by atoms with Gasteiger partial charge in [-0.05, 0) is 131 Å². The summed E-state index contributed by atoms with van der Waals surface area (Å²) in [5.41, 5.74) is 24.2. The molecule has 0 fully saturated rings. The first-order chi connectivity index (χ1) is 38.3. The Bertz CT molecular complexity index is 2640. The fourth-order valence-electron chi connectivity index (χ4n) is 9.46. The largest absolute Gasteiger partial charge is 0.507 e. The summed E-state index contributed by atoms with van der Waals surface area (Å²) in [6.07, 6.45) is 11.1. The van der Waals surface area contributed by atoms with E-state index in [-0.39, 0.29) is 111 Å². The second-order valence-corrected chi connectivity index (χ2v) is 20.8. The topological polar surface area (TPSA) is 306 Å². The van der Waals surface area contributed by atoms with Gasteiger partial charge in [0.1, 0.15) is 41.3 Å². The van der Waals surface area contributed by atoms with Crippen LogP contribution in [0, 0.1) is 11.8 Å². The number of nitrogens with one attached hydrogen (secondary N) is 2. The van der Waals surface area contributed by atoms with Gasteiger partial charge in [-0.3, -0.25) is 34.0 Å². The minimum atomic E-state index is -0.671. The van der Waals surface area contributed by atoms with Crippen molar-refractivity contribution in [3.05, 3.63) is 56.8 Å². The molecule has 1 aromatic heterocycles. The number of aliphatic imine (C=N–C) groups is 2. The first-order valence-corrected chi connectivity index (χ1v) is 28.8. The normalized spacial score (nSPS) is 12.0. The van der Waals surface area contributed by atoms with E-state index in [0.29, 0.717) is 57.4 Å². The number of methoxy groups -OCH3 is 1. The molecule has 2 atom stereocenters. The lowest BCUT2D eigenvalue weighted by Crippen LogP contribution is -2.34. The number of allylic oxidation sites excluding steroid dienone is 4. The van der Waals surface area contributed by atoms with Crippen molar-refractivity contribution in [2.45, 2.75) is 145 Å². The number of ketones is 2. The molecular weight excluding hydrogens is 1020 g/mol. The summed E-state index contributed by atoms with van der Waals surface area (Å²) in [4.78, 5) is 82.4. The fraction of sp³-hybridized carbons (Fsp3) is 0.617. The SMILES string of the molecule is CCN(CC)CCCCCNC(=O)C(CCCN=C(N)N)CC(=O)COc1cc2oc3cc(OCC(=O)CC(CCCN=C(N)N)C(=O)NCCCCCN(CC)CC)c(OC)c(CC=C(C)C)c3c(=O)c2c(O)c1CC=C(C)C. The molecule has 3 rings (SSSR count). The van der Waals surface area contributed by atoms with Crippen LogP contribution in [-0.2, 0) is 32.0 Å². The van der Waals surface area contributed by atoms with E-state index >= 15 is 0 Å². The van der Waals surface area contributed by atoms with Crippen LogP contribution in [0.3, 0.4) is 0 Å². The molecule has 0 bridgehead atoms. The number of aromatic hydroxyl groups is 1. The molecule has 0 saturated carbocycles. The van der Waals surface area contributed by atoms with Crippen LogP contribution >= 0.6 is 0 Å². The molecule has 0 aliphatic rings. The molecule has 0 aliphatic carbocycles. The highest BCUT2D eigenvalue weighted by molar-refractivity contribution is 5.98. The minimum absolute atomic E-state index is 0.0312. The van der Waals surface area contributed by atoms with Gasteiger partial charge in [-0.2, -0.15) is 0 Å². The molecule has 0 spiro atoms. The van der Waals surface area contributed by atoms with Crippen molar-refractivity contribution in [1.82, 2.24) is 20.4 Å². The number of nitrogens with zero attached hydrogens (tertiary/aromatic N) is 4. The molecule has 2 amide bonds. The van der Waals surface area contributed by atoms with Crippen LogP contribution in [0.15, 0.2) is 54.6 Å². The maximum Gasteiger partial charge on any atom is 0.223 e. The molecule has 20 nitrogen and oxygen atoms in total. The molecule has 446 valence electrons. The van der Waals surface area contributed by atoms with Gasteiger partial charge in [0.2, 0.25) is 17.2 Å².